The Labute approximate surface area is 138 Å². The third kappa shape index (κ3) is 2.37. The Balaban J connectivity index is 1.69. The van der Waals surface area contributed by atoms with Crippen LogP contribution in [0.2, 0.25) is 0 Å². The Hall–Kier alpha value is -1.77. The lowest BCUT2D eigenvalue weighted by Gasteiger charge is -2.41. The summed E-state index contributed by atoms with van der Waals surface area (Å²) < 4.78 is 0. The van der Waals surface area contributed by atoms with Gasteiger partial charge in [-0.2, -0.15) is 0 Å². The van der Waals surface area contributed by atoms with E-state index in [0.717, 1.165) is 19.3 Å². The smallest absolute Gasteiger partial charge is 0.226 e. The maximum Gasteiger partial charge on any atom is 0.226 e. The molecule has 0 spiro atoms. The van der Waals surface area contributed by atoms with Crippen molar-refractivity contribution in [2.45, 2.75) is 64.5 Å². The van der Waals surface area contributed by atoms with Gasteiger partial charge in [-0.05, 0) is 44.7 Å². The molecule has 1 saturated carbocycles. The summed E-state index contributed by atoms with van der Waals surface area (Å²) in [5, 5.41) is 1.32. The van der Waals surface area contributed by atoms with Gasteiger partial charge in [0, 0.05) is 28.6 Å². The van der Waals surface area contributed by atoms with E-state index in [2.05, 4.69) is 48.0 Å². The predicted octanol–water partition coefficient (Wildman–Crippen LogP) is 4.58. The summed E-state index contributed by atoms with van der Waals surface area (Å²) in [5.74, 6) is 0.633. The van der Waals surface area contributed by atoms with Gasteiger partial charge in [0.25, 0.3) is 0 Å². The normalized spacial score (nSPS) is 25.6. The quantitative estimate of drug-likeness (QED) is 0.822. The Morgan fingerprint density at radius 3 is 2.65 bits per heavy atom. The number of benzene rings is 1. The number of para-hydroxylation sites is 1. The van der Waals surface area contributed by atoms with E-state index in [4.69, 9.17) is 0 Å². The molecule has 1 amide bonds. The fourth-order valence-corrected chi connectivity index (χ4v) is 4.68. The van der Waals surface area contributed by atoms with Crippen LogP contribution in [0.5, 0.6) is 0 Å². The summed E-state index contributed by atoms with van der Waals surface area (Å²) in [6, 6.07) is 8.94. The number of carbonyl (C=O) groups excluding carboxylic acids is 1. The molecule has 1 aliphatic heterocycles. The van der Waals surface area contributed by atoms with Gasteiger partial charge in [-0.3, -0.25) is 4.79 Å². The number of nitrogens with one attached hydrogen (secondary N) is 1. The molecule has 0 unspecified atom stereocenters. The van der Waals surface area contributed by atoms with E-state index in [1.165, 1.54) is 41.4 Å². The molecule has 2 heterocycles. The second-order valence-corrected chi connectivity index (χ2v) is 7.37. The minimum absolute atomic E-state index is 0.149. The van der Waals surface area contributed by atoms with Crippen molar-refractivity contribution in [1.82, 2.24) is 9.88 Å². The van der Waals surface area contributed by atoms with E-state index in [-0.39, 0.29) is 18.0 Å². The SMILES string of the molecule is C[C@@H]1Cc2c([nH]c3ccccc23)[C@@H](C)N1C(=O)C1CCCCC1. The molecule has 3 nitrogen and oxygen atoms in total. The van der Waals surface area contributed by atoms with E-state index in [1.54, 1.807) is 0 Å². The highest BCUT2D eigenvalue weighted by atomic mass is 16.2. The van der Waals surface area contributed by atoms with Gasteiger partial charge in [0.2, 0.25) is 5.91 Å². The minimum Gasteiger partial charge on any atom is -0.356 e. The zero-order valence-corrected chi connectivity index (χ0v) is 14.1. The van der Waals surface area contributed by atoms with Gasteiger partial charge in [-0.1, -0.05) is 37.5 Å². The van der Waals surface area contributed by atoms with Crippen molar-refractivity contribution in [3.8, 4) is 0 Å². The molecular formula is C20H26N2O. The maximum absolute atomic E-state index is 13.1. The van der Waals surface area contributed by atoms with Gasteiger partial charge in [0.05, 0.1) is 6.04 Å². The van der Waals surface area contributed by atoms with Crippen LogP contribution in [0.1, 0.15) is 63.3 Å². The Bertz CT molecular complexity index is 726. The highest BCUT2D eigenvalue weighted by Gasteiger charge is 2.37. The molecule has 1 aliphatic carbocycles. The number of amides is 1. The monoisotopic (exact) mass is 310 g/mol. The molecule has 0 bridgehead atoms. The first-order valence-corrected chi connectivity index (χ1v) is 9.08. The van der Waals surface area contributed by atoms with Crippen LogP contribution in [-0.2, 0) is 11.2 Å². The lowest BCUT2D eigenvalue weighted by Crippen LogP contribution is -2.47. The Morgan fingerprint density at radius 1 is 1.13 bits per heavy atom. The predicted molar refractivity (Wildman–Crippen MR) is 93.3 cm³/mol. The molecule has 0 radical (unpaired) electrons. The molecule has 2 atom stereocenters. The number of aromatic nitrogens is 1. The van der Waals surface area contributed by atoms with Gasteiger partial charge in [0.15, 0.2) is 0 Å². The zero-order chi connectivity index (χ0) is 16.0. The third-order valence-corrected chi connectivity index (χ3v) is 5.86. The summed E-state index contributed by atoms with van der Waals surface area (Å²) in [5.41, 5.74) is 3.85. The van der Waals surface area contributed by atoms with E-state index < -0.39 is 0 Å². The van der Waals surface area contributed by atoms with Crippen LogP contribution >= 0.6 is 0 Å². The lowest BCUT2D eigenvalue weighted by atomic mass is 9.85. The highest BCUT2D eigenvalue weighted by Crippen LogP contribution is 2.39. The number of nitrogens with zero attached hydrogens (tertiary/aromatic N) is 1. The van der Waals surface area contributed by atoms with Crippen molar-refractivity contribution in [2.24, 2.45) is 5.92 Å². The number of hydrogen-bond acceptors (Lipinski definition) is 1. The lowest BCUT2D eigenvalue weighted by molar-refractivity contribution is -0.141. The fourth-order valence-electron chi connectivity index (χ4n) is 4.68. The summed E-state index contributed by atoms with van der Waals surface area (Å²) in [7, 11) is 0. The Morgan fingerprint density at radius 2 is 1.87 bits per heavy atom. The van der Waals surface area contributed by atoms with E-state index >= 15 is 0 Å². The second kappa shape index (κ2) is 5.70. The third-order valence-electron chi connectivity index (χ3n) is 5.86. The molecule has 1 aromatic carbocycles. The van der Waals surface area contributed by atoms with Crippen molar-refractivity contribution in [3.05, 3.63) is 35.5 Å². The first-order chi connectivity index (χ1) is 11.2. The number of aromatic amines is 1. The van der Waals surface area contributed by atoms with Crippen LogP contribution in [0.3, 0.4) is 0 Å². The number of hydrogen-bond donors (Lipinski definition) is 1. The number of carbonyl (C=O) groups is 1. The van der Waals surface area contributed by atoms with Gasteiger partial charge < -0.3 is 9.88 Å². The minimum atomic E-state index is 0.149. The summed E-state index contributed by atoms with van der Waals surface area (Å²) >= 11 is 0. The van der Waals surface area contributed by atoms with Crippen molar-refractivity contribution >= 4 is 16.8 Å². The van der Waals surface area contributed by atoms with Crippen LogP contribution < -0.4 is 0 Å². The average Bonchev–Trinajstić information content (AvgIpc) is 2.95. The van der Waals surface area contributed by atoms with Crippen LogP contribution in [0.25, 0.3) is 10.9 Å². The molecule has 2 aliphatic rings. The second-order valence-electron chi connectivity index (χ2n) is 7.37. The molecular weight excluding hydrogens is 284 g/mol. The van der Waals surface area contributed by atoms with Gasteiger partial charge in [-0.25, -0.2) is 0 Å². The van der Waals surface area contributed by atoms with Crippen LogP contribution in [0, 0.1) is 5.92 Å². The fraction of sp³-hybridized carbons (Fsp3) is 0.550. The van der Waals surface area contributed by atoms with Crippen molar-refractivity contribution in [3.63, 3.8) is 0 Å². The van der Waals surface area contributed by atoms with Crippen molar-refractivity contribution in [1.29, 1.82) is 0 Å². The number of H-pyrrole nitrogens is 1. The number of fused-ring (bicyclic) bond motifs is 3. The molecule has 122 valence electrons. The topological polar surface area (TPSA) is 36.1 Å². The van der Waals surface area contributed by atoms with Gasteiger partial charge in [0.1, 0.15) is 0 Å². The standard InChI is InChI=1S/C20H26N2O/c1-13-12-17-16-10-6-7-11-18(16)21-19(17)14(2)22(13)20(23)15-8-4-3-5-9-15/h6-7,10-11,13-15,21H,3-5,8-9,12H2,1-2H3/t13-,14-/m1/s1. The van der Waals surface area contributed by atoms with Gasteiger partial charge >= 0.3 is 0 Å². The molecule has 1 aromatic heterocycles. The summed E-state index contributed by atoms with van der Waals surface area (Å²) in [6.45, 7) is 4.40. The largest absolute Gasteiger partial charge is 0.356 e. The molecule has 0 saturated heterocycles. The van der Waals surface area contributed by atoms with Crippen molar-refractivity contribution < 1.29 is 4.79 Å². The van der Waals surface area contributed by atoms with Gasteiger partial charge in [-0.15, -0.1) is 0 Å². The van der Waals surface area contributed by atoms with Crippen LogP contribution in [-0.4, -0.2) is 21.8 Å². The molecule has 1 fully saturated rings. The molecule has 2 aromatic rings. The first-order valence-electron chi connectivity index (χ1n) is 9.08. The highest BCUT2D eigenvalue weighted by molar-refractivity contribution is 5.86. The maximum atomic E-state index is 13.1. The van der Waals surface area contributed by atoms with Crippen LogP contribution in [0.15, 0.2) is 24.3 Å². The van der Waals surface area contributed by atoms with E-state index in [0.29, 0.717) is 5.91 Å². The molecule has 1 N–H and O–H groups in total. The summed E-state index contributed by atoms with van der Waals surface area (Å²) in [4.78, 5) is 18.9. The van der Waals surface area contributed by atoms with E-state index in [9.17, 15) is 4.79 Å². The Kier molecular flexibility index (Phi) is 3.67. The average molecular weight is 310 g/mol. The van der Waals surface area contributed by atoms with E-state index in [1.807, 2.05) is 0 Å². The first kappa shape index (κ1) is 14.8. The van der Waals surface area contributed by atoms with Crippen LogP contribution in [0.4, 0.5) is 0 Å². The summed E-state index contributed by atoms with van der Waals surface area (Å²) in [6.07, 6.45) is 6.83. The number of rotatable bonds is 1. The molecule has 3 heteroatoms. The zero-order valence-electron chi connectivity index (χ0n) is 14.1. The molecule has 23 heavy (non-hydrogen) atoms. The van der Waals surface area contributed by atoms with Crippen molar-refractivity contribution in [2.75, 3.05) is 0 Å². The molecule has 4 rings (SSSR count).